The molecule has 3 rings (SSSR count). The van der Waals surface area contributed by atoms with E-state index in [9.17, 15) is 13.2 Å². The van der Waals surface area contributed by atoms with Gasteiger partial charge in [0.1, 0.15) is 3.70 Å². The van der Waals surface area contributed by atoms with Gasteiger partial charge in [-0.2, -0.15) is 18.4 Å². The first-order valence-corrected chi connectivity index (χ1v) is 8.99. The predicted octanol–water partition coefficient (Wildman–Crippen LogP) is 5.41. The molecule has 1 aromatic heterocycles. The summed E-state index contributed by atoms with van der Waals surface area (Å²) in [6, 6.07) is 12.7. The highest BCUT2D eigenvalue weighted by Crippen LogP contribution is 2.34. The van der Waals surface area contributed by atoms with Crippen LogP contribution in [0.3, 0.4) is 0 Å². The molecule has 0 aliphatic carbocycles. The molecular weight excluding hydrogens is 470 g/mol. The third-order valence-electron chi connectivity index (χ3n) is 4.13. The largest absolute Gasteiger partial charge is 0.463 e. The van der Waals surface area contributed by atoms with E-state index in [4.69, 9.17) is 10.00 Å². The number of rotatable bonds is 3. The lowest BCUT2D eigenvalue weighted by Crippen LogP contribution is -2.31. The molecule has 8 heteroatoms. The first-order valence-electron chi connectivity index (χ1n) is 7.91. The van der Waals surface area contributed by atoms with Gasteiger partial charge in [-0.3, -0.25) is 0 Å². The van der Waals surface area contributed by atoms with Crippen molar-refractivity contribution in [2.24, 2.45) is 0 Å². The Morgan fingerprint density at radius 1 is 1.11 bits per heavy atom. The molecule has 1 heterocycles. The van der Waals surface area contributed by atoms with Gasteiger partial charge in [-0.1, -0.05) is 12.1 Å². The maximum absolute atomic E-state index is 12.8. The average Bonchev–Trinajstić information content (AvgIpc) is 2.63. The average molecular weight is 483 g/mol. The summed E-state index contributed by atoms with van der Waals surface area (Å²) in [5.74, 6) is -0.163. The predicted molar refractivity (Wildman–Crippen MR) is 103 cm³/mol. The number of fused-ring (bicyclic) bond motifs is 1. The van der Waals surface area contributed by atoms with E-state index < -0.39 is 12.3 Å². The van der Waals surface area contributed by atoms with E-state index in [1.165, 1.54) is 0 Å². The molecule has 0 spiro atoms. The van der Waals surface area contributed by atoms with Crippen LogP contribution in [-0.4, -0.2) is 22.5 Å². The van der Waals surface area contributed by atoms with Gasteiger partial charge in [-0.15, -0.1) is 10.2 Å². The molecule has 0 aliphatic rings. The molecule has 0 saturated heterocycles. The third-order valence-corrected chi connectivity index (χ3v) is 4.92. The number of alkyl halides is 3. The summed E-state index contributed by atoms with van der Waals surface area (Å²) in [4.78, 5) is 0. The summed E-state index contributed by atoms with van der Waals surface area (Å²) in [6.45, 7) is 2.85. The summed E-state index contributed by atoms with van der Waals surface area (Å²) >= 11 is 1.98. The molecule has 0 bridgehead atoms. The number of ether oxygens (including phenoxy) is 1. The van der Waals surface area contributed by atoms with Crippen LogP contribution in [0.2, 0.25) is 0 Å². The minimum atomic E-state index is -4.49. The first kappa shape index (κ1) is 19.4. The number of hydrogen-bond acceptors (Lipinski definition) is 4. The number of hydrogen-bond donors (Lipinski definition) is 0. The highest BCUT2D eigenvalue weighted by Gasteiger charge is 2.38. The lowest BCUT2D eigenvalue weighted by Gasteiger charge is -2.18. The summed E-state index contributed by atoms with van der Waals surface area (Å²) in [6.07, 6.45) is -6.49. The van der Waals surface area contributed by atoms with Crippen molar-refractivity contribution in [1.82, 2.24) is 10.2 Å². The molecule has 27 heavy (non-hydrogen) atoms. The van der Waals surface area contributed by atoms with Crippen molar-refractivity contribution >= 4 is 33.4 Å². The summed E-state index contributed by atoms with van der Waals surface area (Å²) in [5.41, 5.74) is 3.21. The fourth-order valence-electron chi connectivity index (χ4n) is 2.59. The van der Waals surface area contributed by atoms with Crippen molar-refractivity contribution in [3.63, 3.8) is 0 Å². The van der Waals surface area contributed by atoms with E-state index in [0.29, 0.717) is 20.0 Å². The Labute approximate surface area is 167 Å². The van der Waals surface area contributed by atoms with E-state index in [1.807, 2.05) is 41.6 Å². The molecule has 2 aromatic carbocycles. The van der Waals surface area contributed by atoms with E-state index in [1.54, 1.807) is 24.3 Å². The Balaban J connectivity index is 2.12. The molecule has 0 amide bonds. The van der Waals surface area contributed by atoms with Crippen molar-refractivity contribution in [3.8, 4) is 23.1 Å². The van der Waals surface area contributed by atoms with Crippen LogP contribution in [0.1, 0.15) is 18.1 Å². The molecule has 0 saturated carbocycles. The Morgan fingerprint density at radius 3 is 2.52 bits per heavy atom. The molecule has 0 N–H and O–H groups in total. The van der Waals surface area contributed by atoms with Crippen LogP contribution in [0.15, 0.2) is 36.4 Å². The fraction of sp³-hybridized carbons (Fsp3) is 0.211. The number of nitriles is 1. The quantitative estimate of drug-likeness (QED) is 0.468. The molecule has 0 radical (unpaired) electrons. The third kappa shape index (κ3) is 3.98. The van der Waals surface area contributed by atoms with Gasteiger partial charge in [0, 0.05) is 10.8 Å². The smallest absolute Gasteiger partial charge is 0.425 e. The van der Waals surface area contributed by atoms with Gasteiger partial charge in [0.15, 0.2) is 6.10 Å². The molecular formula is C19H13F3IN3O. The van der Waals surface area contributed by atoms with Crippen LogP contribution < -0.4 is 4.74 Å². The number of halogens is 4. The SMILES string of the molecule is Cc1ccc(C#N)cc1-c1ccc2c(OC(C)C(F)(F)F)nnc(I)c2c1. The normalized spacial score (nSPS) is 12.6. The van der Waals surface area contributed by atoms with E-state index >= 15 is 0 Å². The van der Waals surface area contributed by atoms with Gasteiger partial charge in [0.2, 0.25) is 5.88 Å². The maximum atomic E-state index is 12.8. The molecule has 4 nitrogen and oxygen atoms in total. The minimum Gasteiger partial charge on any atom is -0.463 e. The van der Waals surface area contributed by atoms with Crippen molar-refractivity contribution < 1.29 is 17.9 Å². The Bertz CT molecular complexity index is 1060. The zero-order valence-electron chi connectivity index (χ0n) is 14.3. The summed E-state index contributed by atoms with van der Waals surface area (Å²) in [5, 5.41) is 17.9. The summed E-state index contributed by atoms with van der Waals surface area (Å²) in [7, 11) is 0. The Hall–Kier alpha value is -2.41. The van der Waals surface area contributed by atoms with Crippen LogP contribution in [0.4, 0.5) is 13.2 Å². The molecule has 138 valence electrons. The second-order valence-electron chi connectivity index (χ2n) is 6.00. The standard InChI is InChI=1S/C19H13F3IN3O/c1-10-3-4-12(9-24)7-15(10)13-5-6-14-16(8-13)17(23)25-26-18(14)27-11(2)19(20,21)22/h3-8,11H,1-2H3. The first-order chi connectivity index (χ1) is 12.7. The van der Waals surface area contributed by atoms with Crippen LogP contribution in [0, 0.1) is 22.0 Å². The van der Waals surface area contributed by atoms with Gasteiger partial charge in [-0.05, 0) is 77.4 Å². The Morgan fingerprint density at radius 2 is 1.85 bits per heavy atom. The van der Waals surface area contributed by atoms with Crippen LogP contribution in [-0.2, 0) is 0 Å². The second kappa shape index (κ2) is 7.31. The second-order valence-corrected chi connectivity index (χ2v) is 7.02. The molecule has 0 aliphatic heterocycles. The van der Waals surface area contributed by atoms with Crippen LogP contribution in [0.25, 0.3) is 21.9 Å². The van der Waals surface area contributed by atoms with E-state index in [0.717, 1.165) is 23.6 Å². The maximum Gasteiger partial charge on any atom is 0.425 e. The lowest BCUT2D eigenvalue weighted by atomic mass is 9.97. The van der Waals surface area contributed by atoms with Crippen molar-refractivity contribution in [2.45, 2.75) is 26.1 Å². The van der Waals surface area contributed by atoms with Crippen molar-refractivity contribution in [3.05, 3.63) is 51.2 Å². The number of aryl methyl sites for hydroxylation is 1. The zero-order chi connectivity index (χ0) is 19.8. The van der Waals surface area contributed by atoms with Crippen molar-refractivity contribution in [2.75, 3.05) is 0 Å². The fourth-order valence-corrected chi connectivity index (χ4v) is 3.14. The van der Waals surface area contributed by atoms with E-state index in [2.05, 4.69) is 16.3 Å². The highest BCUT2D eigenvalue weighted by atomic mass is 127. The molecule has 0 fully saturated rings. The minimum absolute atomic E-state index is 0.163. The lowest BCUT2D eigenvalue weighted by molar-refractivity contribution is -0.189. The van der Waals surface area contributed by atoms with Gasteiger partial charge < -0.3 is 4.74 Å². The van der Waals surface area contributed by atoms with Crippen molar-refractivity contribution in [1.29, 1.82) is 5.26 Å². The number of nitrogens with zero attached hydrogens (tertiary/aromatic N) is 3. The van der Waals surface area contributed by atoms with Crippen LogP contribution >= 0.6 is 22.6 Å². The molecule has 3 aromatic rings. The topological polar surface area (TPSA) is 58.8 Å². The van der Waals surface area contributed by atoms with Gasteiger partial charge in [0.25, 0.3) is 0 Å². The molecule has 1 unspecified atom stereocenters. The van der Waals surface area contributed by atoms with Gasteiger partial charge in [-0.25, -0.2) is 0 Å². The number of aromatic nitrogens is 2. The summed E-state index contributed by atoms with van der Waals surface area (Å²) < 4.78 is 44.0. The van der Waals surface area contributed by atoms with Gasteiger partial charge >= 0.3 is 6.18 Å². The Kier molecular flexibility index (Phi) is 5.24. The molecule has 1 atom stereocenters. The highest BCUT2D eigenvalue weighted by molar-refractivity contribution is 14.1. The van der Waals surface area contributed by atoms with Crippen LogP contribution in [0.5, 0.6) is 5.88 Å². The number of benzene rings is 2. The zero-order valence-corrected chi connectivity index (χ0v) is 16.5. The van der Waals surface area contributed by atoms with Gasteiger partial charge in [0.05, 0.1) is 11.6 Å². The monoisotopic (exact) mass is 483 g/mol. The van der Waals surface area contributed by atoms with E-state index in [-0.39, 0.29) is 5.88 Å².